The number of methoxy groups -OCH3 is 1. The predicted octanol–water partition coefficient (Wildman–Crippen LogP) is 3.59. The number of carbonyl (C=O) groups excluding carboxylic acids is 2. The van der Waals surface area contributed by atoms with Crippen LogP contribution in [0, 0.1) is 13.8 Å². The molecule has 2 heterocycles. The molecule has 0 radical (unpaired) electrons. The Balaban J connectivity index is 1.79. The fourth-order valence-corrected chi connectivity index (χ4v) is 4.27. The van der Waals surface area contributed by atoms with Gasteiger partial charge in [-0.05, 0) is 70.7 Å². The normalized spacial score (nSPS) is 23.0. The highest BCUT2D eigenvalue weighted by Crippen LogP contribution is 2.40. The molecule has 1 aromatic carbocycles. The van der Waals surface area contributed by atoms with Crippen molar-refractivity contribution in [2.75, 3.05) is 13.7 Å². The number of piperazine rings is 1. The summed E-state index contributed by atoms with van der Waals surface area (Å²) in [6, 6.07) is 3.58. The van der Waals surface area contributed by atoms with Crippen LogP contribution in [0.25, 0.3) is 0 Å². The summed E-state index contributed by atoms with van der Waals surface area (Å²) in [5.74, 6) is 0.867. The number of fused-ring (bicyclic) bond motifs is 2. The van der Waals surface area contributed by atoms with Crippen LogP contribution in [-0.2, 0) is 9.53 Å². The second kappa shape index (κ2) is 6.73. The first kappa shape index (κ1) is 19.5. The zero-order chi connectivity index (χ0) is 20.1. The molecule has 0 N–H and O–H groups in total. The lowest BCUT2D eigenvalue weighted by atomic mass is 9.96. The predicted molar refractivity (Wildman–Crippen MR) is 103 cm³/mol. The van der Waals surface area contributed by atoms with Crippen LogP contribution >= 0.6 is 0 Å². The lowest BCUT2D eigenvalue weighted by Crippen LogP contribution is -2.53. The summed E-state index contributed by atoms with van der Waals surface area (Å²) in [6.45, 7) is 12.2. The van der Waals surface area contributed by atoms with Gasteiger partial charge < -0.3 is 14.4 Å². The molecule has 6 nitrogen and oxygen atoms in total. The van der Waals surface area contributed by atoms with Crippen molar-refractivity contribution in [1.82, 2.24) is 9.80 Å². The van der Waals surface area contributed by atoms with Crippen molar-refractivity contribution in [2.24, 2.45) is 0 Å². The van der Waals surface area contributed by atoms with E-state index >= 15 is 0 Å². The molecule has 2 saturated heterocycles. The molecule has 0 aromatic heterocycles. The highest BCUT2D eigenvalue weighted by atomic mass is 16.6. The van der Waals surface area contributed by atoms with Crippen LogP contribution < -0.4 is 4.74 Å². The van der Waals surface area contributed by atoms with Crippen molar-refractivity contribution in [2.45, 2.75) is 71.7 Å². The van der Waals surface area contributed by atoms with E-state index in [4.69, 9.17) is 9.47 Å². The van der Waals surface area contributed by atoms with Gasteiger partial charge in [-0.3, -0.25) is 9.69 Å². The molecule has 2 fully saturated rings. The average Bonchev–Trinajstić information content (AvgIpc) is 3.13. The summed E-state index contributed by atoms with van der Waals surface area (Å²) in [6.07, 6.45) is 0.281. The van der Waals surface area contributed by atoms with Crippen molar-refractivity contribution < 1.29 is 19.1 Å². The number of rotatable bonds is 3. The van der Waals surface area contributed by atoms with Crippen LogP contribution in [0.1, 0.15) is 56.8 Å². The molecule has 6 heteroatoms. The first-order valence-corrected chi connectivity index (χ1v) is 9.51. The fraction of sp³-hybridized carbons (Fsp3) is 0.619. The van der Waals surface area contributed by atoms with Crippen molar-refractivity contribution in [1.29, 1.82) is 0 Å². The van der Waals surface area contributed by atoms with Gasteiger partial charge in [-0.2, -0.15) is 0 Å². The van der Waals surface area contributed by atoms with Crippen LogP contribution in [0.5, 0.6) is 5.75 Å². The molecule has 2 aliphatic rings. The number of likely N-dealkylation sites (tertiary alicyclic amines) is 2. The molecule has 27 heavy (non-hydrogen) atoms. The quantitative estimate of drug-likeness (QED) is 0.811. The molecule has 0 spiro atoms. The molecule has 0 saturated carbocycles. The summed E-state index contributed by atoms with van der Waals surface area (Å²) in [4.78, 5) is 29.0. The molecule has 3 rings (SSSR count). The minimum absolute atomic E-state index is 0.0116. The van der Waals surface area contributed by atoms with Gasteiger partial charge >= 0.3 is 6.09 Å². The molecule has 148 valence electrons. The molecule has 2 amide bonds. The largest absolute Gasteiger partial charge is 0.496 e. The highest BCUT2D eigenvalue weighted by molar-refractivity contribution is 5.90. The van der Waals surface area contributed by atoms with Gasteiger partial charge in [-0.15, -0.1) is 0 Å². The van der Waals surface area contributed by atoms with E-state index < -0.39 is 17.7 Å². The second-order valence-corrected chi connectivity index (χ2v) is 8.57. The van der Waals surface area contributed by atoms with E-state index in [2.05, 4.69) is 13.8 Å². The summed E-state index contributed by atoms with van der Waals surface area (Å²) < 4.78 is 10.9. The first-order chi connectivity index (χ1) is 12.5. The molecule has 0 unspecified atom stereocenters. The fourth-order valence-electron chi connectivity index (χ4n) is 4.27. The van der Waals surface area contributed by atoms with Gasteiger partial charge in [0.05, 0.1) is 19.2 Å². The summed E-state index contributed by atoms with van der Waals surface area (Å²) in [5.41, 5.74) is 2.79. The van der Waals surface area contributed by atoms with E-state index in [1.165, 1.54) is 0 Å². The second-order valence-electron chi connectivity index (χ2n) is 8.57. The van der Waals surface area contributed by atoms with Gasteiger partial charge in [-0.1, -0.05) is 6.07 Å². The summed E-state index contributed by atoms with van der Waals surface area (Å²) >= 11 is 0. The van der Waals surface area contributed by atoms with E-state index in [1.807, 2.05) is 44.7 Å². The number of amides is 2. The molecular weight excluding hydrogens is 344 g/mol. The van der Waals surface area contributed by atoms with E-state index in [0.717, 1.165) is 22.4 Å². The first-order valence-electron chi connectivity index (χ1n) is 9.51. The molecule has 2 aliphatic heterocycles. The van der Waals surface area contributed by atoms with Gasteiger partial charge in [0, 0.05) is 6.54 Å². The van der Waals surface area contributed by atoms with Crippen molar-refractivity contribution in [3.8, 4) is 5.75 Å². The third kappa shape index (κ3) is 3.37. The number of nitrogens with zero attached hydrogens (tertiary/aromatic N) is 2. The van der Waals surface area contributed by atoms with E-state index in [1.54, 1.807) is 12.0 Å². The minimum Gasteiger partial charge on any atom is -0.496 e. The maximum absolute atomic E-state index is 13.0. The lowest BCUT2D eigenvalue weighted by molar-refractivity contribution is -0.138. The van der Waals surface area contributed by atoms with Crippen molar-refractivity contribution in [3.63, 3.8) is 0 Å². The zero-order valence-electron chi connectivity index (χ0n) is 17.3. The Morgan fingerprint density at radius 3 is 2.44 bits per heavy atom. The van der Waals surface area contributed by atoms with Crippen LogP contribution in [0.15, 0.2) is 12.1 Å². The third-order valence-corrected chi connectivity index (χ3v) is 5.71. The van der Waals surface area contributed by atoms with Gasteiger partial charge in [0.1, 0.15) is 17.4 Å². The summed E-state index contributed by atoms with van der Waals surface area (Å²) in [7, 11) is 1.67. The maximum atomic E-state index is 13.0. The van der Waals surface area contributed by atoms with Crippen LogP contribution in [0.4, 0.5) is 4.79 Å². The number of benzene rings is 1. The van der Waals surface area contributed by atoms with Gasteiger partial charge in [0.2, 0.25) is 5.91 Å². The Bertz CT molecular complexity index is 768. The summed E-state index contributed by atoms with van der Waals surface area (Å²) in [5, 5.41) is 0. The lowest BCUT2D eigenvalue weighted by Gasteiger charge is -2.38. The smallest absolute Gasteiger partial charge is 0.411 e. The minimum atomic E-state index is -0.563. The van der Waals surface area contributed by atoms with Gasteiger partial charge in [-0.25, -0.2) is 4.79 Å². The molecule has 2 bridgehead atoms. The standard InChI is InChI=1S/C21H30N2O4/c1-12-13(2)18(26-7)9-8-16(12)14(3)23-15-10-17(19(23)24)22(11-15)20(25)27-21(4,5)6/h8-9,14-15,17H,10-11H2,1-7H3/t14-,15-,17-/m0/s1. The maximum Gasteiger partial charge on any atom is 0.411 e. The van der Waals surface area contributed by atoms with E-state index in [-0.39, 0.29) is 18.0 Å². The number of ether oxygens (including phenoxy) is 2. The van der Waals surface area contributed by atoms with Crippen molar-refractivity contribution in [3.05, 3.63) is 28.8 Å². The van der Waals surface area contributed by atoms with Crippen molar-refractivity contribution >= 4 is 12.0 Å². The number of hydrogen-bond donors (Lipinski definition) is 0. The molecule has 1 aromatic rings. The SMILES string of the molecule is COc1ccc([C@H](C)N2C(=O)[C@@H]3C[C@H]2CN3C(=O)OC(C)(C)C)c(C)c1C. The van der Waals surface area contributed by atoms with Crippen LogP contribution in [-0.4, -0.2) is 53.1 Å². The van der Waals surface area contributed by atoms with Crippen LogP contribution in [0.2, 0.25) is 0 Å². The Labute approximate surface area is 161 Å². The molecule has 3 atom stereocenters. The third-order valence-electron chi connectivity index (χ3n) is 5.71. The van der Waals surface area contributed by atoms with E-state index in [9.17, 15) is 9.59 Å². The molecule has 0 aliphatic carbocycles. The highest BCUT2D eigenvalue weighted by Gasteiger charge is 2.53. The Kier molecular flexibility index (Phi) is 4.87. The Hall–Kier alpha value is -2.24. The monoisotopic (exact) mass is 374 g/mol. The van der Waals surface area contributed by atoms with E-state index in [0.29, 0.717) is 13.0 Å². The topological polar surface area (TPSA) is 59.1 Å². The van der Waals surface area contributed by atoms with Gasteiger partial charge in [0.25, 0.3) is 0 Å². The Morgan fingerprint density at radius 1 is 1.22 bits per heavy atom. The van der Waals surface area contributed by atoms with Gasteiger partial charge in [0.15, 0.2) is 0 Å². The Morgan fingerprint density at radius 2 is 1.89 bits per heavy atom. The molecular formula is C21H30N2O4. The van der Waals surface area contributed by atoms with Crippen LogP contribution in [0.3, 0.4) is 0 Å². The number of carbonyl (C=O) groups is 2. The number of hydrogen-bond acceptors (Lipinski definition) is 4. The average molecular weight is 374 g/mol. The zero-order valence-corrected chi connectivity index (χ0v) is 17.3.